The minimum atomic E-state index is -0.0488. The summed E-state index contributed by atoms with van der Waals surface area (Å²) in [6, 6.07) is 8.96. The first-order valence-corrected chi connectivity index (χ1v) is 14.1. The molecule has 1 atom stereocenters. The van der Waals surface area contributed by atoms with Crippen LogP contribution in [0.4, 0.5) is 5.82 Å². The van der Waals surface area contributed by atoms with E-state index in [1.807, 2.05) is 12.3 Å². The van der Waals surface area contributed by atoms with Crippen molar-refractivity contribution >= 4 is 22.6 Å². The third-order valence-corrected chi connectivity index (χ3v) is 8.18. The number of benzene rings is 1. The number of hydrogen-bond donors (Lipinski definition) is 2. The maximum absolute atomic E-state index is 13.8. The maximum atomic E-state index is 13.8. The molecule has 1 amide bonds. The van der Waals surface area contributed by atoms with Crippen LogP contribution in [0.3, 0.4) is 0 Å². The summed E-state index contributed by atoms with van der Waals surface area (Å²) in [5.41, 5.74) is 8.50. The molecule has 2 N–H and O–H groups in total. The molecule has 7 nitrogen and oxygen atoms in total. The molecule has 0 spiro atoms. The van der Waals surface area contributed by atoms with Crippen LogP contribution in [-0.2, 0) is 0 Å². The largest absolute Gasteiger partial charge is 0.382 e. The maximum Gasteiger partial charge on any atom is 0.252 e. The van der Waals surface area contributed by atoms with E-state index < -0.39 is 0 Å². The smallest absolute Gasteiger partial charge is 0.252 e. The molecule has 1 aromatic carbocycles. The quantitative estimate of drug-likeness (QED) is 0.457. The first kappa shape index (κ1) is 27.0. The lowest BCUT2D eigenvalue weighted by molar-refractivity contribution is 0.0958. The summed E-state index contributed by atoms with van der Waals surface area (Å²) in [6.45, 7) is 17.4. The number of hydrogen-bond acceptors (Lipinski definition) is 5. The second kappa shape index (κ2) is 10.9. The molecular weight excluding hydrogens is 484 g/mol. The SMILES string of the molecule is CC1=CC(C)=C(CNC(=O)c2cc(-c3ccc(N4CCN(C)CC4)nc3)cc3c2c(C)cn3C(C)C)C(C)N1. The van der Waals surface area contributed by atoms with Crippen LogP contribution in [0.2, 0.25) is 0 Å². The Morgan fingerprint density at radius 3 is 2.49 bits per heavy atom. The molecule has 0 aliphatic carbocycles. The van der Waals surface area contributed by atoms with E-state index in [9.17, 15) is 4.79 Å². The predicted octanol–water partition coefficient (Wildman–Crippen LogP) is 5.29. The van der Waals surface area contributed by atoms with Crippen LogP contribution in [0.15, 0.2) is 59.6 Å². The molecule has 1 fully saturated rings. The van der Waals surface area contributed by atoms with Crippen LogP contribution >= 0.6 is 0 Å². The van der Waals surface area contributed by atoms with Gasteiger partial charge in [0.2, 0.25) is 0 Å². The summed E-state index contributed by atoms with van der Waals surface area (Å²) < 4.78 is 2.27. The van der Waals surface area contributed by atoms with Gasteiger partial charge in [0.25, 0.3) is 5.91 Å². The van der Waals surface area contributed by atoms with E-state index in [1.54, 1.807) is 0 Å². The number of aryl methyl sites for hydroxylation is 1. The van der Waals surface area contributed by atoms with Gasteiger partial charge in [-0.1, -0.05) is 0 Å². The van der Waals surface area contributed by atoms with Gasteiger partial charge in [-0.15, -0.1) is 0 Å². The molecule has 39 heavy (non-hydrogen) atoms. The highest BCUT2D eigenvalue weighted by Gasteiger charge is 2.22. The van der Waals surface area contributed by atoms with Gasteiger partial charge < -0.3 is 25.0 Å². The van der Waals surface area contributed by atoms with Crippen molar-refractivity contribution in [2.45, 2.75) is 53.6 Å². The van der Waals surface area contributed by atoms with Crippen LogP contribution in [-0.4, -0.2) is 66.2 Å². The van der Waals surface area contributed by atoms with E-state index in [0.717, 1.165) is 65.3 Å². The number of anilines is 1. The molecule has 7 heteroatoms. The number of carbonyl (C=O) groups excluding carboxylic acids is 1. The molecule has 2 aromatic heterocycles. The van der Waals surface area contributed by atoms with Gasteiger partial charge in [0.15, 0.2) is 0 Å². The van der Waals surface area contributed by atoms with Gasteiger partial charge in [0, 0.05) is 84.9 Å². The van der Waals surface area contributed by atoms with Gasteiger partial charge in [0.05, 0.1) is 0 Å². The average molecular weight is 527 g/mol. The molecule has 0 radical (unpaired) electrons. The Balaban J connectivity index is 1.49. The molecule has 2 aliphatic heterocycles. The molecule has 4 heterocycles. The number of rotatable bonds is 6. The third-order valence-electron chi connectivity index (χ3n) is 8.18. The van der Waals surface area contributed by atoms with Crippen molar-refractivity contribution < 1.29 is 4.79 Å². The summed E-state index contributed by atoms with van der Waals surface area (Å²) in [5.74, 6) is 0.961. The fourth-order valence-corrected chi connectivity index (χ4v) is 5.93. The van der Waals surface area contributed by atoms with Crippen LogP contribution < -0.4 is 15.5 Å². The van der Waals surface area contributed by atoms with E-state index in [-0.39, 0.29) is 18.0 Å². The summed E-state index contributed by atoms with van der Waals surface area (Å²) in [7, 11) is 2.16. The highest BCUT2D eigenvalue weighted by Crippen LogP contribution is 2.33. The zero-order valence-electron chi connectivity index (χ0n) is 24.4. The summed E-state index contributed by atoms with van der Waals surface area (Å²) in [5, 5.41) is 7.73. The van der Waals surface area contributed by atoms with Crippen LogP contribution in [0.1, 0.15) is 56.6 Å². The minimum Gasteiger partial charge on any atom is -0.382 e. The first-order chi connectivity index (χ1) is 18.6. The number of pyridine rings is 1. The zero-order chi connectivity index (χ0) is 27.8. The van der Waals surface area contributed by atoms with E-state index in [0.29, 0.717) is 12.1 Å². The second-order valence-corrected chi connectivity index (χ2v) is 11.5. The summed E-state index contributed by atoms with van der Waals surface area (Å²) >= 11 is 0. The topological polar surface area (TPSA) is 65.4 Å². The zero-order valence-corrected chi connectivity index (χ0v) is 24.4. The lowest BCUT2D eigenvalue weighted by Gasteiger charge is -2.33. The molecule has 3 aromatic rings. The van der Waals surface area contributed by atoms with Crippen LogP contribution in [0.5, 0.6) is 0 Å². The Labute approximate surface area is 232 Å². The number of aromatic nitrogens is 2. The van der Waals surface area contributed by atoms with Gasteiger partial charge in [-0.05, 0) is 101 Å². The normalized spacial score (nSPS) is 18.5. The molecule has 1 unspecified atom stereocenters. The number of nitrogens with one attached hydrogen (secondary N) is 2. The summed E-state index contributed by atoms with van der Waals surface area (Å²) in [4.78, 5) is 23.3. The van der Waals surface area contributed by atoms with E-state index in [4.69, 9.17) is 4.98 Å². The molecule has 5 rings (SSSR count). The second-order valence-electron chi connectivity index (χ2n) is 11.5. The van der Waals surface area contributed by atoms with Crippen molar-refractivity contribution in [3.8, 4) is 11.1 Å². The fraction of sp³-hybridized carbons (Fsp3) is 0.438. The number of nitrogens with zero attached hydrogens (tertiary/aromatic N) is 4. The van der Waals surface area contributed by atoms with Crippen molar-refractivity contribution in [2.24, 2.45) is 0 Å². The Bertz CT molecular complexity index is 1440. The average Bonchev–Trinajstić information content (AvgIpc) is 3.24. The van der Waals surface area contributed by atoms with Crippen molar-refractivity contribution in [1.29, 1.82) is 0 Å². The molecule has 2 aliphatic rings. The van der Waals surface area contributed by atoms with Crippen LogP contribution in [0, 0.1) is 6.92 Å². The summed E-state index contributed by atoms with van der Waals surface area (Å²) in [6.07, 6.45) is 6.26. The van der Waals surface area contributed by atoms with Gasteiger partial charge in [-0.2, -0.15) is 0 Å². The minimum absolute atomic E-state index is 0.0488. The van der Waals surface area contributed by atoms with E-state index in [2.05, 4.69) is 104 Å². The van der Waals surface area contributed by atoms with Gasteiger partial charge in [-0.3, -0.25) is 4.79 Å². The number of carbonyl (C=O) groups is 1. The molecule has 1 saturated heterocycles. The Kier molecular flexibility index (Phi) is 7.54. The Morgan fingerprint density at radius 2 is 1.85 bits per heavy atom. The lowest BCUT2D eigenvalue weighted by Crippen LogP contribution is -2.44. The first-order valence-electron chi connectivity index (χ1n) is 14.1. The molecular formula is C32H42N6O. The highest BCUT2D eigenvalue weighted by molar-refractivity contribution is 6.09. The Morgan fingerprint density at radius 1 is 1.10 bits per heavy atom. The monoisotopic (exact) mass is 526 g/mol. The van der Waals surface area contributed by atoms with Gasteiger partial charge in [-0.25, -0.2) is 4.98 Å². The van der Waals surface area contributed by atoms with Crippen molar-refractivity contribution in [2.75, 3.05) is 44.7 Å². The number of dihydropyridines is 1. The number of likely N-dealkylation sites (N-methyl/N-ethyl adjacent to an activating group) is 1. The van der Waals surface area contributed by atoms with Crippen molar-refractivity contribution in [1.82, 2.24) is 25.1 Å². The molecule has 0 saturated carbocycles. The highest BCUT2D eigenvalue weighted by atomic mass is 16.1. The van der Waals surface area contributed by atoms with Gasteiger partial charge >= 0.3 is 0 Å². The molecule has 0 bridgehead atoms. The predicted molar refractivity (Wildman–Crippen MR) is 161 cm³/mol. The molecule has 206 valence electrons. The Hall–Kier alpha value is -3.58. The van der Waals surface area contributed by atoms with Gasteiger partial charge in [0.1, 0.15) is 5.82 Å². The number of fused-ring (bicyclic) bond motifs is 1. The van der Waals surface area contributed by atoms with E-state index in [1.165, 1.54) is 11.1 Å². The van der Waals surface area contributed by atoms with Crippen molar-refractivity contribution in [3.05, 3.63) is 70.7 Å². The fourth-order valence-electron chi connectivity index (χ4n) is 5.93. The number of allylic oxidation sites excluding steroid dienone is 3. The van der Waals surface area contributed by atoms with E-state index >= 15 is 0 Å². The third kappa shape index (κ3) is 5.46. The standard InChI is InChI=1S/C32H42N6O/c1-20(2)38-19-22(4)31-27(32(39)34-18-28-21(3)14-23(5)35-24(28)6)15-26(16-29(31)38)25-8-9-30(33-17-25)37-12-10-36(7)11-13-37/h8-9,14-17,19-20,24,35H,10-13,18H2,1-7H3,(H,34,39). The van der Waals surface area contributed by atoms with Crippen molar-refractivity contribution in [3.63, 3.8) is 0 Å². The number of amides is 1. The lowest BCUT2D eigenvalue weighted by atomic mass is 9.97. The van der Waals surface area contributed by atoms with Crippen LogP contribution in [0.25, 0.3) is 22.0 Å². The number of piperazine rings is 1.